The lowest BCUT2D eigenvalue weighted by atomic mass is 9.86. The van der Waals surface area contributed by atoms with E-state index in [0.29, 0.717) is 12.5 Å². The van der Waals surface area contributed by atoms with Gasteiger partial charge < -0.3 is 5.11 Å². The Balaban J connectivity index is 1.63. The molecule has 2 fully saturated rings. The van der Waals surface area contributed by atoms with Crippen LogP contribution in [0.5, 0.6) is 0 Å². The summed E-state index contributed by atoms with van der Waals surface area (Å²) in [5, 5.41) is 9.11. The molecule has 1 aromatic carbocycles. The lowest BCUT2D eigenvalue weighted by Crippen LogP contribution is -2.28. The number of carbonyl (C=O) groups is 1. The van der Waals surface area contributed by atoms with E-state index in [9.17, 15) is 13.2 Å². The van der Waals surface area contributed by atoms with E-state index in [4.69, 9.17) is 5.11 Å². The van der Waals surface area contributed by atoms with E-state index in [2.05, 4.69) is 4.72 Å². The van der Waals surface area contributed by atoms with Crippen LogP contribution in [0, 0.1) is 17.8 Å². The second-order valence-corrected chi connectivity index (χ2v) is 8.16. The minimum Gasteiger partial charge on any atom is -0.478 e. The summed E-state index contributed by atoms with van der Waals surface area (Å²) < 4.78 is 27.2. The fourth-order valence-corrected chi connectivity index (χ4v) is 5.31. The van der Waals surface area contributed by atoms with Crippen LogP contribution in [0.3, 0.4) is 0 Å². The predicted molar refractivity (Wildman–Crippen MR) is 82.1 cm³/mol. The van der Waals surface area contributed by atoms with E-state index in [1.807, 2.05) is 0 Å². The van der Waals surface area contributed by atoms with Gasteiger partial charge in [-0.15, -0.1) is 0 Å². The number of sulfonamides is 1. The molecule has 1 aromatic rings. The maximum Gasteiger partial charge on any atom is 0.337 e. The molecule has 22 heavy (non-hydrogen) atoms. The summed E-state index contributed by atoms with van der Waals surface area (Å²) in [4.78, 5) is 11.0. The first-order valence-electron chi connectivity index (χ1n) is 7.79. The third-order valence-electron chi connectivity index (χ3n) is 5.10. The zero-order valence-corrected chi connectivity index (χ0v) is 13.2. The van der Waals surface area contributed by atoms with Gasteiger partial charge in [0.1, 0.15) is 0 Å². The van der Waals surface area contributed by atoms with Crippen LogP contribution in [0.2, 0.25) is 0 Å². The highest BCUT2D eigenvalue weighted by molar-refractivity contribution is 7.89. The topological polar surface area (TPSA) is 83.5 Å². The molecule has 0 spiro atoms. The van der Waals surface area contributed by atoms with Crippen molar-refractivity contribution < 1.29 is 18.3 Å². The van der Waals surface area contributed by atoms with Crippen molar-refractivity contribution in [3.05, 3.63) is 29.8 Å². The predicted octanol–water partition coefficient (Wildman–Crippen LogP) is 2.49. The highest BCUT2D eigenvalue weighted by Crippen LogP contribution is 2.49. The lowest BCUT2D eigenvalue weighted by Gasteiger charge is -2.21. The molecule has 3 rings (SSSR count). The summed E-state index contributed by atoms with van der Waals surface area (Å²) in [5.74, 6) is 1.00. The first kappa shape index (κ1) is 15.5. The fraction of sp³-hybridized carbons (Fsp3) is 0.562. The Morgan fingerprint density at radius 1 is 1.23 bits per heavy atom. The van der Waals surface area contributed by atoms with Crippen LogP contribution in [-0.2, 0) is 10.0 Å². The average Bonchev–Trinajstić information content (AvgIpc) is 3.09. The number of carboxylic acids is 1. The highest BCUT2D eigenvalue weighted by Gasteiger charge is 2.39. The van der Waals surface area contributed by atoms with Crippen molar-refractivity contribution in [2.24, 2.45) is 17.8 Å². The van der Waals surface area contributed by atoms with Crippen molar-refractivity contribution in [1.29, 1.82) is 0 Å². The van der Waals surface area contributed by atoms with Crippen molar-refractivity contribution in [1.82, 2.24) is 4.72 Å². The van der Waals surface area contributed by atoms with Gasteiger partial charge in [-0.2, -0.15) is 0 Å². The van der Waals surface area contributed by atoms with Gasteiger partial charge in [0.05, 0.1) is 10.5 Å². The van der Waals surface area contributed by atoms with Crippen LogP contribution in [0.1, 0.15) is 42.5 Å². The number of aromatic carboxylic acids is 1. The molecule has 2 aliphatic carbocycles. The van der Waals surface area contributed by atoms with Crippen molar-refractivity contribution in [3.8, 4) is 0 Å². The van der Waals surface area contributed by atoms with Gasteiger partial charge in [0, 0.05) is 6.54 Å². The molecule has 2 saturated carbocycles. The largest absolute Gasteiger partial charge is 0.478 e. The third-order valence-corrected chi connectivity index (χ3v) is 6.62. The summed E-state index contributed by atoms with van der Waals surface area (Å²) >= 11 is 0. The molecular formula is C16H21NO4S. The molecule has 0 saturated heterocycles. The summed E-state index contributed by atoms with van der Waals surface area (Å²) in [6.07, 6.45) is 5.98. The van der Waals surface area contributed by atoms with Crippen LogP contribution in [0.25, 0.3) is 0 Å². The van der Waals surface area contributed by atoms with Crippen LogP contribution < -0.4 is 4.72 Å². The molecule has 0 heterocycles. The first-order valence-corrected chi connectivity index (χ1v) is 9.27. The molecule has 2 N–H and O–H groups in total. The lowest BCUT2D eigenvalue weighted by molar-refractivity contribution is 0.0692. The number of rotatable bonds is 6. The van der Waals surface area contributed by atoms with Gasteiger partial charge in [0.25, 0.3) is 0 Å². The molecule has 0 aromatic heterocycles. The number of carboxylic acid groups (broad SMARTS) is 1. The normalized spacial score (nSPS) is 27.2. The summed E-state index contributed by atoms with van der Waals surface area (Å²) in [5.41, 5.74) is -0.185. The smallest absolute Gasteiger partial charge is 0.337 e. The number of hydrogen-bond acceptors (Lipinski definition) is 3. The molecule has 0 radical (unpaired) electrons. The quantitative estimate of drug-likeness (QED) is 0.842. The molecule has 0 aliphatic heterocycles. The van der Waals surface area contributed by atoms with Gasteiger partial charge in [0.2, 0.25) is 10.0 Å². The SMILES string of the molecule is O=C(O)c1ccccc1S(=O)(=O)NCCC1CC2CCC1C2. The Labute approximate surface area is 130 Å². The van der Waals surface area contributed by atoms with Crippen LogP contribution >= 0.6 is 0 Å². The van der Waals surface area contributed by atoms with Gasteiger partial charge in [-0.25, -0.2) is 17.9 Å². The van der Waals surface area contributed by atoms with E-state index >= 15 is 0 Å². The first-order chi connectivity index (χ1) is 10.5. The Morgan fingerprint density at radius 3 is 2.64 bits per heavy atom. The van der Waals surface area contributed by atoms with E-state index in [-0.39, 0.29) is 10.5 Å². The Bertz CT molecular complexity index is 670. The summed E-state index contributed by atoms with van der Waals surface area (Å²) in [6, 6.07) is 5.71. The van der Waals surface area contributed by atoms with Gasteiger partial charge in [-0.05, 0) is 55.6 Å². The van der Waals surface area contributed by atoms with Crippen molar-refractivity contribution in [2.75, 3.05) is 6.54 Å². The van der Waals surface area contributed by atoms with Gasteiger partial charge >= 0.3 is 5.97 Å². The standard InChI is InChI=1S/C16H21NO4S/c18-16(19)14-3-1-2-4-15(14)22(20,21)17-8-7-13-10-11-5-6-12(13)9-11/h1-4,11-13,17H,5-10H2,(H,18,19). The van der Waals surface area contributed by atoms with Crippen molar-refractivity contribution in [3.63, 3.8) is 0 Å². The molecular weight excluding hydrogens is 302 g/mol. The van der Waals surface area contributed by atoms with Crippen LogP contribution in [0.15, 0.2) is 29.2 Å². The Hall–Kier alpha value is -1.40. The Morgan fingerprint density at radius 2 is 2.00 bits per heavy atom. The number of hydrogen-bond donors (Lipinski definition) is 2. The van der Waals surface area contributed by atoms with Gasteiger partial charge in [-0.3, -0.25) is 0 Å². The van der Waals surface area contributed by atoms with E-state index in [0.717, 1.165) is 18.3 Å². The molecule has 2 aliphatic rings. The zero-order chi connectivity index (χ0) is 15.7. The van der Waals surface area contributed by atoms with Gasteiger partial charge in [0.15, 0.2) is 0 Å². The number of nitrogens with one attached hydrogen (secondary N) is 1. The van der Waals surface area contributed by atoms with E-state index in [1.54, 1.807) is 0 Å². The monoisotopic (exact) mass is 323 g/mol. The molecule has 120 valence electrons. The zero-order valence-electron chi connectivity index (χ0n) is 12.4. The minimum absolute atomic E-state index is 0.157. The third kappa shape index (κ3) is 3.03. The maximum atomic E-state index is 12.3. The molecule has 3 unspecified atom stereocenters. The summed E-state index contributed by atoms with van der Waals surface area (Å²) in [7, 11) is -3.77. The van der Waals surface area contributed by atoms with Gasteiger partial charge in [-0.1, -0.05) is 18.6 Å². The van der Waals surface area contributed by atoms with Crippen molar-refractivity contribution in [2.45, 2.75) is 37.0 Å². The van der Waals surface area contributed by atoms with E-state index < -0.39 is 16.0 Å². The van der Waals surface area contributed by atoms with Crippen LogP contribution in [0.4, 0.5) is 0 Å². The van der Waals surface area contributed by atoms with Crippen molar-refractivity contribution >= 4 is 16.0 Å². The van der Waals surface area contributed by atoms with Crippen LogP contribution in [-0.4, -0.2) is 26.0 Å². The fourth-order valence-electron chi connectivity index (χ4n) is 4.06. The molecule has 3 atom stereocenters. The summed E-state index contributed by atoms with van der Waals surface area (Å²) in [6.45, 7) is 0.379. The second-order valence-electron chi connectivity index (χ2n) is 6.42. The molecule has 6 heteroatoms. The average molecular weight is 323 g/mol. The molecule has 2 bridgehead atoms. The molecule has 5 nitrogen and oxygen atoms in total. The minimum atomic E-state index is -3.77. The second kappa shape index (κ2) is 6.01. The number of benzene rings is 1. The maximum absolute atomic E-state index is 12.3. The number of fused-ring (bicyclic) bond motifs is 2. The molecule has 0 amide bonds. The highest BCUT2D eigenvalue weighted by atomic mass is 32.2. The van der Waals surface area contributed by atoms with E-state index in [1.165, 1.54) is 49.9 Å². The Kier molecular flexibility index (Phi) is 4.23.